The van der Waals surface area contributed by atoms with Crippen LogP contribution in [0.15, 0.2) is 0 Å². The quantitative estimate of drug-likeness (QED) is 0.783. The lowest BCUT2D eigenvalue weighted by Crippen LogP contribution is -2.27. The first-order valence-electron chi connectivity index (χ1n) is 8.44. The fourth-order valence-electron chi connectivity index (χ4n) is 3.18. The van der Waals surface area contributed by atoms with Crippen LogP contribution < -0.4 is 11.1 Å². The van der Waals surface area contributed by atoms with Gasteiger partial charge in [-0.15, -0.1) is 11.3 Å². The van der Waals surface area contributed by atoms with Crippen molar-refractivity contribution in [3.05, 3.63) is 16.0 Å². The molecule has 3 N–H and O–H groups in total. The van der Waals surface area contributed by atoms with Gasteiger partial charge in [-0.2, -0.15) is 0 Å². The predicted molar refractivity (Wildman–Crippen MR) is 97.7 cm³/mol. The molecule has 0 fully saturated rings. The number of amides is 2. The maximum absolute atomic E-state index is 12.1. The lowest BCUT2D eigenvalue weighted by atomic mass is 9.72. The molecule has 1 atom stereocenters. The van der Waals surface area contributed by atoms with Crippen LogP contribution in [0.4, 0.5) is 5.00 Å². The predicted octanol–water partition coefficient (Wildman–Crippen LogP) is 2.89. The molecule has 1 aromatic heterocycles. The first-order valence-corrected chi connectivity index (χ1v) is 9.26. The van der Waals surface area contributed by atoms with Crippen molar-refractivity contribution >= 4 is 34.1 Å². The molecule has 0 radical (unpaired) electrons. The Morgan fingerprint density at radius 1 is 1.28 bits per heavy atom. The van der Waals surface area contributed by atoms with Crippen LogP contribution in [-0.4, -0.2) is 24.9 Å². The number of anilines is 1. The van der Waals surface area contributed by atoms with E-state index in [1.807, 2.05) is 0 Å². The summed E-state index contributed by atoms with van der Waals surface area (Å²) in [6.07, 6.45) is 2.71. The van der Waals surface area contributed by atoms with Crippen molar-refractivity contribution in [3.63, 3.8) is 0 Å². The minimum Gasteiger partial charge on any atom is -0.469 e. The van der Waals surface area contributed by atoms with Gasteiger partial charge in [0.25, 0.3) is 5.91 Å². The van der Waals surface area contributed by atoms with Gasteiger partial charge in [0.2, 0.25) is 5.91 Å². The molecule has 1 aliphatic rings. The summed E-state index contributed by atoms with van der Waals surface area (Å²) in [6.45, 7) is 6.67. The number of nitrogens with one attached hydrogen (secondary N) is 1. The average molecular weight is 366 g/mol. The summed E-state index contributed by atoms with van der Waals surface area (Å²) in [7, 11) is 1.28. The molecule has 7 heteroatoms. The molecule has 6 nitrogen and oxygen atoms in total. The second-order valence-corrected chi connectivity index (χ2v) is 8.61. The normalized spacial score (nSPS) is 16.9. The van der Waals surface area contributed by atoms with Crippen molar-refractivity contribution in [3.8, 4) is 0 Å². The number of fused-ring (bicyclic) bond motifs is 1. The van der Waals surface area contributed by atoms with Crippen molar-refractivity contribution < 1.29 is 19.1 Å². The molecular weight excluding hydrogens is 340 g/mol. The van der Waals surface area contributed by atoms with E-state index in [4.69, 9.17) is 5.73 Å². The van der Waals surface area contributed by atoms with E-state index in [2.05, 4.69) is 30.8 Å². The number of hydrogen-bond donors (Lipinski definition) is 2. The van der Waals surface area contributed by atoms with E-state index in [1.165, 1.54) is 18.4 Å². The van der Waals surface area contributed by atoms with Crippen LogP contribution in [0.3, 0.4) is 0 Å². The minimum atomic E-state index is -0.519. The Morgan fingerprint density at radius 3 is 2.52 bits per heavy atom. The molecular formula is C18H26N2O4S. The summed E-state index contributed by atoms with van der Waals surface area (Å²) < 4.78 is 4.53. The number of carbonyl (C=O) groups excluding carboxylic acids is 3. The third-order valence-corrected chi connectivity index (χ3v) is 5.94. The molecule has 1 aliphatic carbocycles. The molecule has 0 saturated carbocycles. The number of thiophene rings is 1. The Kier molecular flexibility index (Phi) is 5.87. The zero-order valence-electron chi connectivity index (χ0n) is 15.2. The number of hydrogen-bond acceptors (Lipinski definition) is 5. The summed E-state index contributed by atoms with van der Waals surface area (Å²) >= 11 is 1.43. The first-order chi connectivity index (χ1) is 11.6. The van der Waals surface area contributed by atoms with Gasteiger partial charge in [0.15, 0.2) is 0 Å². The number of ether oxygens (including phenoxy) is 1. The largest absolute Gasteiger partial charge is 0.469 e. The highest BCUT2D eigenvalue weighted by Gasteiger charge is 2.33. The molecule has 2 rings (SSSR count). The van der Waals surface area contributed by atoms with Crippen molar-refractivity contribution in [1.29, 1.82) is 0 Å². The maximum atomic E-state index is 12.1. The van der Waals surface area contributed by atoms with E-state index in [9.17, 15) is 14.4 Å². The third-order valence-electron chi connectivity index (χ3n) is 4.77. The van der Waals surface area contributed by atoms with Gasteiger partial charge < -0.3 is 15.8 Å². The zero-order valence-corrected chi connectivity index (χ0v) is 16.0. The average Bonchev–Trinajstić information content (AvgIpc) is 2.88. The van der Waals surface area contributed by atoms with E-state index in [0.717, 1.165) is 29.7 Å². The first kappa shape index (κ1) is 19.4. The van der Waals surface area contributed by atoms with Gasteiger partial charge in [-0.25, -0.2) is 0 Å². The molecule has 0 bridgehead atoms. The van der Waals surface area contributed by atoms with Gasteiger partial charge in [-0.3, -0.25) is 14.4 Å². The Morgan fingerprint density at radius 2 is 1.96 bits per heavy atom. The van der Waals surface area contributed by atoms with Gasteiger partial charge >= 0.3 is 5.97 Å². The topological polar surface area (TPSA) is 98.5 Å². The summed E-state index contributed by atoms with van der Waals surface area (Å²) in [6, 6.07) is 0. The second kappa shape index (κ2) is 7.56. The SMILES string of the molecule is COC(=O)CCC(=O)Nc1sc2c(c1C(N)=O)CCC(C(C)(C)C)C2. The number of esters is 1. The van der Waals surface area contributed by atoms with Crippen LogP contribution >= 0.6 is 11.3 Å². The van der Waals surface area contributed by atoms with E-state index < -0.39 is 11.9 Å². The Balaban J connectivity index is 2.20. The molecule has 0 spiro atoms. The summed E-state index contributed by atoms with van der Waals surface area (Å²) in [5, 5.41) is 3.25. The smallest absolute Gasteiger partial charge is 0.306 e. The molecule has 1 heterocycles. The highest BCUT2D eigenvalue weighted by Crippen LogP contribution is 2.44. The molecule has 0 aliphatic heterocycles. The fraction of sp³-hybridized carbons (Fsp3) is 0.611. The molecule has 25 heavy (non-hydrogen) atoms. The summed E-state index contributed by atoms with van der Waals surface area (Å²) in [4.78, 5) is 36.3. The van der Waals surface area contributed by atoms with Crippen molar-refractivity contribution in [2.24, 2.45) is 17.1 Å². The highest BCUT2D eigenvalue weighted by atomic mass is 32.1. The van der Waals surface area contributed by atoms with Gasteiger partial charge in [0.05, 0.1) is 19.1 Å². The molecule has 1 aromatic rings. The lowest BCUT2D eigenvalue weighted by Gasteiger charge is -2.33. The summed E-state index contributed by atoms with van der Waals surface area (Å²) in [5.41, 5.74) is 7.16. The second-order valence-electron chi connectivity index (χ2n) is 7.50. The van der Waals surface area contributed by atoms with E-state index >= 15 is 0 Å². The number of nitrogens with two attached hydrogens (primary N) is 1. The van der Waals surface area contributed by atoms with E-state index in [0.29, 0.717) is 16.5 Å². The van der Waals surface area contributed by atoms with Crippen LogP contribution in [0, 0.1) is 11.3 Å². The van der Waals surface area contributed by atoms with Crippen molar-refractivity contribution in [1.82, 2.24) is 0 Å². The van der Waals surface area contributed by atoms with Crippen LogP contribution in [0.1, 0.15) is 60.8 Å². The van der Waals surface area contributed by atoms with Crippen LogP contribution in [0.5, 0.6) is 0 Å². The van der Waals surface area contributed by atoms with Crippen LogP contribution in [0.2, 0.25) is 0 Å². The third kappa shape index (κ3) is 4.60. The van der Waals surface area contributed by atoms with E-state index in [-0.39, 0.29) is 24.2 Å². The van der Waals surface area contributed by atoms with E-state index in [1.54, 1.807) is 0 Å². The highest BCUT2D eigenvalue weighted by molar-refractivity contribution is 7.17. The van der Waals surface area contributed by atoms with Crippen molar-refractivity contribution in [2.75, 3.05) is 12.4 Å². The Bertz CT molecular complexity index is 688. The minimum absolute atomic E-state index is 0.00538. The van der Waals surface area contributed by atoms with Gasteiger partial charge in [0, 0.05) is 11.3 Å². The number of carbonyl (C=O) groups is 3. The standard InChI is InChI=1S/C18H26N2O4S/c1-18(2,3)10-5-6-11-12(9-10)25-17(15(11)16(19)23)20-13(21)7-8-14(22)24-4/h10H,5-9H2,1-4H3,(H2,19,23)(H,20,21). The monoisotopic (exact) mass is 366 g/mol. The zero-order chi connectivity index (χ0) is 18.8. The lowest BCUT2D eigenvalue weighted by molar-refractivity contribution is -0.141. The molecule has 2 amide bonds. The molecule has 0 saturated heterocycles. The number of primary amides is 1. The molecule has 138 valence electrons. The number of rotatable bonds is 5. The Labute approximate surface area is 152 Å². The maximum Gasteiger partial charge on any atom is 0.306 e. The van der Waals surface area contributed by atoms with Crippen molar-refractivity contribution in [2.45, 2.75) is 52.9 Å². The van der Waals surface area contributed by atoms with Gasteiger partial charge in [-0.05, 0) is 36.2 Å². The molecule has 1 unspecified atom stereocenters. The van der Waals surface area contributed by atoms with Gasteiger partial charge in [-0.1, -0.05) is 20.8 Å². The summed E-state index contributed by atoms with van der Waals surface area (Å²) in [5.74, 6) is -0.750. The van der Waals surface area contributed by atoms with Crippen LogP contribution in [0.25, 0.3) is 0 Å². The molecule has 0 aromatic carbocycles. The number of methoxy groups -OCH3 is 1. The van der Waals surface area contributed by atoms with Crippen LogP contribution in [-0.2, 0) is 27.2 Å². The van der Waals surface area contributed by atoms with Gasteiger partial charge in [0.1, 0.15) is 5.00 Å². The Hall–Kier alpha value is -1.89. The fourth-order valence-corrected chi connectivity index (χ4v) is 4.53.